The summed E-state index contributed by atoms with van der Waals surface area (Å²) in [5.74, 6) is 1.69. The Kier molecular flexibility index (Phi) is 10.1. The lowest BCUT2D eigenvalue weighted by atomic mass is 9.67. The van der Waals surface area contributed by atoms with Crippen LogP contribution in [0.1, 0.15) is 31.2 Å². The van der Waals surface area contributed by atoms with Gasteiger partial charge in [0.05, 0.1) is 7.11 Å². The van der Waals surface area contributed by atoms with E-state index in [4.69, 9.17) is 9.47 Å². The Morgan fingerprint density at radius 1 is 1.28 bits per heavy atom. The number of guanidine groups is 1. The van der Waals surface area contributed by atoms with Crippen LogP contribution in [0, 0.1) is 5.41 Å². The van der Waals surface area contributed by atoms with Crippen molar-refractivity contribution in [3.8, 4) is 5.75 Å². The molecule has 0 spiro atoms. The predicted octanol–water partition coefficient (Wildman–Crippen LogP) is 3.95. The molecule has 0 aliphatic heterocycles. The van der Waals surface area contributed by atoms with Gasteiger partial charge in [0.1, 0.15) is 5.75 Å². The average Bonchev–Trinajstić information content (AvgIpc) is 2.56. The topological polar surface area (TPSA) is 54.9 Å². The minimum absolute atomic E-state index is 0. The lowest BCUT2D eigenvalue weighted by molar-refractivity contribution is 0.0732. The van der Waals surface area contributed by atoms with Crippen LogP contribution in [-0.2, 0) is 11.3 Å². The Hall–Kier alpha value is -0.540. The molecule has 2 N–H and O–H groups in total. The van der Waals surface area contributed by atoms with Gasteiger partial charge < -0.3 is 20.1 Å². The fourth-order valence-electron chi connectivity index (χ4n) is 3.07. The Balaban J connectivity index is 0.00000312. The second kappa shape index (κ2) is 11.2. The van der Waals surface area contributed by atoms with Crippen LogP contribution >= 0.6 is 39.9 Å². The highest BCUT2D eigenvalue weighted by atomic mass is 127. The number of nitrogens with zero attached hydrogens (tertiary/aromatic N) is 1. The average molecular weight is 526 g/mol. The Bertz CT molecular complexity index is 565. The quantitative estimate of drug-likeness (QED) is 0.306. The largest absolute Gasteiger partial charge is 0.496 e. The van der Waals surface area contributed by atoms with Crippen LogP contribution in [0.2, 0.25) is 0 Å². The fourth-order valence-corrected chi connectivity index (χ4v) is 3.48. The van der Waals surface area contributed by atoms with Gasteiger partial charge in [-0.1, -0.05) is 22.4 Å². The molecule has 0 amide bonds. The number of hydrogen-bond donors (Lipinski definition) is 2. The summed E-state index contributed by atoms with van der Waals surface area (Å²) in [5, 5.41) is 6.85. The molecule has 1 fully saturated rings. The van der Waals surface area contributed by atoms with Gasteiger partial charge in [-0.3, -0.25) is 4.99 Å². The van der Waals surface area contributed by atoms with E-state index in [2.05, 4.69) is 37.6 Å². The maximum atomic E-state index is 5.42. The van der Waals surface area contributed by atoms with Gasteiger partial charge in [-0.25, -0.2) is 0 Å². The SMILES string of the molecule is CN=C(NCc1cc(Br)ccc1OC)NCC1(CCOC)CCC1.I. The molecule has 0 heterocycles. The maximum Gasteiger partial charge on any atom is 0.191 e. The molecule has 2 rings (SSSR count). The third-order valence-corrected chi connectivity index (χ3v) is 5.29. The minimum Gasteiger partial charge on any atom is -0.496 e. The van der Waals surface area contributed by atoms with Crippen LogP contribution in [-0.4, -0.2) is 40.4 Å². The van der Waals surface area contributed by atoms with Crippen molar-refractivity contribution in [1.29, 1.82) is 0 Å². The fraction of sp³-hybridized carbons (Fsp3) is 0.611. The molecule has 1 aliphatic rings. The molecule has 1 aromatic carbocycles. The van der Waals surface area contributed by atoms with E-state index in [-0.39, 0.29) is 24.0 Å². The van der Waals surface area contributed by atoms with Crippen LogP contribution < -0.4 is 15.4 Å². The molecule has 25 heavy (non-hydrogen) atoms. The Labute approximate surface area is 176 Å². The van der Waals surface area contributed by atoms with Crippen molar-refractivity contribution in [2.75, 3.05) is 34.4 Å². The highest BCUT2D eigenvalue weighted by Crippen LogP contribution is 2.43. The first-order valence-electron chi connectivity index (χ1n) is 8.38. The third kappa shape index (κ3) is 6.60. The smallest absolute Gasteiger partial charge is 0.191 e. The number of aliphatic imine (C=N–C) groups is 1. The molecule has 5 nitrogen and oxygen atoms in total. The van der Waals surface area contributed by atoms with Crippen molar-refractivity contribution in [2.24, 2.45) is 10.4 Å². The summed E-state index contributed by atoms with van der Waals surface area (Å²) in [6.45, 7) is 2.42. The zero-order valence-corrected chi connectivity index (χ0v) is 19.1. The van der Waals surface area contributed by atoms with Gasteiger partial charge in [0, 0.05) is 43.9 Å². The lowest BCUT2D eigenvalue weighted by Gasteiger charge is -2.42. The first kappa shape index (κ1) is 22.5. The van der Waals surface area contributed by atoms with Gasteiger partial charge in [-0.2, -0.15) is 0 Å². The summed E-state index contributed by atoms with van der Waals surface area (Å²) in [6, 6.07) is 6.00. The summed E-state index contributed by atoms with van der Waals surface area (Å²) < 4.78 is 11.7. The van der Waals surface area contributed by atoms with E-state index >= 15 is 0 Å². The second-order valence-corrected chi connectivity index (χ2v) is 7.25. The number of methoxy groups -OCH3 is 2. The Morgan fingerprint density at radius 2 is 2.04 bits per heavy atom. The number of hydrogen-bond acceptors (Lipinski definition) is 3. The van der Waals surface area contributed by atoms with Gasteiger partial charge in [-0.15, -0.1) is 24.0 Å². The minimum atomic E-state index is 0. The number of ether oxygens (including phenoxy) is 2. The molecule has 7 heteroatoms. The van der Waals surface area contributed by atoms with E-state index in [1.54, 1.807) is 21.3 Å². The molecule has 1 aromatic rings. The van der Waals surface area contributed by atoms with E-state index in [0.717, 1.165) is 41.3 Å². The third-order valence-electron chi connectivity index (χ3n) is 4.79. The van der Waals surface area contributed by atoms with E-state index in [1.807, 2.05) is 12.1 Å². The van der Waals surface area contributed by atoms with Crippen molar-refractivity contribution in [1.82, 2.24) is 10.6 Å². The summed E-state index contributed by atoms with van der Waals surface area (Å²) in [5.41, 5.74) is 1.45. The standard InChI is InChI=1S/C18H28BrN3O2.HI/c1-20-17(22-13-18(7-4-8-18)9-10-23-2)21-12-14-11-15(19)5-6-16(14)24-3;/h5-6,11H,4,7-10,12-13H2,1-3H3,(H2,20,21,22);1H. The maximum absolute atomic E-state index is 5.42. The highest BCUT2D eigenvalue weighted by Gasteiger charge is 2.36. The molecule has 0 aromatic heterocycles. The van der Waals surface area contributed by atoms with E-state index in [1.165, 1.54) is 19.3 Å². The summed E-state index contributed by atoms with van der Waals surface area (Å²) in [4.78, 5) is 4.33. The van der Waals surface area contributed by atoms with Gasteiger partial charge in [0.15, 0.2) is 5.96 Å². The first-order chi connectivity index (χ1) is 11.6. The Morgan fingerprint density at radius 3 is 2.60 bits per heavy atom. The van der Waals surface area contributed by atoms with Crippen LogP contribution in [0.4, 0.5) is 0 Å². The van der Waals surface area contributed by atoms with Crippen LogP contribution in [0.15, 0.2) is 27.7 Å². The number of benzene rings is 1. The van der Waals surface area contributed by atoms with E-state index in [0.29, 0.717) is 12.0 Å². The summed E-state index contributed by atoms with van der Waals surface area (Å²) in [7, 11) is 5.26. The zero-order valence-electron chi connectivity index (χ0n) is 15.2. The molecule has 1 saturated carbocycles. The molecule has 0 atom stereocenters. The van der Waals surface area contributed by atoms with Crippen molar-refractivity contribution in [3.05, 3.63) is 28.2 Å². The highest BCUT2D eigenvalue weighted by molar-refractivity contribution is 14.0. The van der Waals surface area contributed by atoms with E-state index < -0.39 is 0 Å². The van der Waals surface area contributed by atoms with Crippen molar-refractivity contribution >= 4 is 45.9 Å². The van der Waals surface area contributed by atoms with Crippen molar-refractivity contribution < 1.29 is 9.47 Å². The zero-order chi connectivity index (χ0) is 17.4. The molecule has 1 aliphatic carbocycles. The van der Waals surface area contributed by atoms with Crippen LogP contribution in [0.3, 0.4) is 0 Å². The van der Waals surface area contributed by atoms with Gasteiger partial charge in [0.2, 0.25) is 0 Å². The molecule has 0 saturated heterocycles. The van der Waals surface area contributed by atoms with Crippen LogP contribution in [0.25, 0.3) is 0 Å². The summed E-state index contributed by atoms with van der Waals surface area (Å²) in [6.07, 6.45) is 4.94. The van der Waals surface area contributed by atoms with Crippen molar-refractivity contribution in [3.63, 3.8) is 0 Å². The van der Waals surface area contributed by atoms with Gasteiger partial charge in [-0.05, 0) is 42.9 Å². The van der Waals surface area contributed by atoms with Gasteiger partial charge in [0.25, 0.3) is 0 Å². The molecule has 0 radical (unpaired) electrons. The van der Waals surface area contributed by atoms with Crippen molar-refractivity contribution in [2.45, 2.75) is 32.2 Å². The molecular formula is C18H29BrIN3O2. The normalized spacial score (nSPS) is 15.8. The molecular weight excluding hydrogens is 497 g/mol. The molecule has 0 unspecified atom stereocenters. The van der Waals surface area contributed by atoms with Gasteiger partial charge >= 0.3 is 0 Å². The molecule has 0 bridgehead atoms. The lowest BCUT2D eigenvalue weighted by Crippen LogP contribution is -2.46. The predicted molar refractivity (Wildman–Crippen MR) is 117 cm³/mol. The monoisotopic (exact) mass is 525 g/mol. The molecule has 142 valence electrons. The summed E-state index contributed by atoms with van der Waals surface area (Å²) >= 11 is 3.51. The number of rotatable bonds is 8. The number of nitrogens with one attached hydrogen (secondary N) is 2. The first-order valence-corrected chi connectivity index (χ1v) is 9.18. The number of halogens is 2. The van der Waals surface area contributed by atoms with Crippen LogP contribution in [0.5, 0.6) is 5.75 Å². The second-order valence-electron chi connectivity index (χ2n) is 6.33. The van der Waals surface area contributed by atoms with E-state index in [9.17, 15) is 0 Å².